The molecule has 112 valence electrons. The highest BCUT2D eigenvalue weighted by Crippen LogP contribution is 2.48. The molecule has 1 aromatic carbocycles. The van der Waals surface area contributed by atoms with Crippen molar-refractivity contribution >= 4 is 11.6 Å². The van der Waals surface area contributed by atoms with Crippen molar-refractivity contribution in [2.24, 2.45) is 17.8 Å². The van der Waals surface area contributed by atoms with Crippen LogP contribution < -0.4 is 10.2 Å². The van der Waals surface area contributed by atoms with Crippen LogP contribution in [0.4, 0.5) is 5.69 Å². The van der Waals surface area contributed by atoms with Crippen molar-refractivity contribution in [1.82, 2.24) is 5.32 Å². The highest BCUT2D eigenvalue weighted by Gasteiger charge is 2.41. The van der Waals surface area contributed by atoms with Gasteiger partial charge in [0.1, 0.15) is 0 Å². The molecule has 0 aromatic heterocycles. The third-order valence-electron chi connectivity index (χ3n) is 5.82. The molecule has 4 unspecified atom stereocenters. The molecule has 1 amide bonds. The number of fused-ring (bicyclic) bond motifs is 3. The van der Waals surface area contributed by atoms with E-state index in [4.69, 9.17) is 0 Å². The van der Waals surface area contributed by atoms with Crippen molar-refractivity contribution in [2.75, 3.05) is 11.4 Å². The summed E-state index contributed by atoms with van der Waals surface area (Å²) in [5.74, 6) is 2.75. The Morgan fingerprint density at radius 1 is 1.24 bits per heavy atom. The number of para-hydroxylation sites is 1. The molecule has 2 bridgehead atoms. The highest BCUT2D eigenvalue weighted by atomic mass is 16.2. The Labute approximate surface area is 126 Å². The summed E-state index contributed by atoms with van der Waals surface area (Å²) in [5, 5.41) is 3.35. The fraction of sp³-hybridized carbons (Fsp3) is 0.611. The van der Waals surface area contributed by atoms with Crippen molar-refractivity contribution in [1.29, 1.82) is 0 Å². The van der Waals surface area contributed by atoms with Gasteiger partial charge in [0.2, 0.25) is 5.91 Å². The van der Waals surface area contributed by atoms with Crippen LogP contribution in [0.15, 0.2) is 24.3 Å². The summed E-state index contributed by atoms with van der Waals surface area (Å²) >= 11 is 0. The summed E-state index contributed by atoms with van der Waals surface area (Å²) in [6.07, 6.45) is 5.54. The molecule has 3 heteroatoms. The van der Waals surface area contributed by atoms with E-state index in [-0.39, 0.29) is 11.9 Å². The van der Waals surface area contributed by atoms with Gasteiger partial charge in [-0.3, -0.25) is 4.79 Å². The molecule has 2 aliphatic carbocycles. The lowest BCUT2D eigenvalue weighted by molar-refractivity contribution is -0.120. The van der Waals surface area contributed by atoms with E-state index in [9.17, 15) is 4.79 Å². The summed E-state index contributed by atoms with van der Waals surface area (Å²) in [5.41, 5.74) is 2.38. The van der Waals surface area contributed by atoms with Crippen LogP contribution in [0.2, 0.25) is 0 Å². The van der Waals surface area contributed by atoms with Crippen LogP contribution in [0.25, 0.3) is 0 Å². The van der Waals surface area contributed by atoms with Gasteiger partial charge in [-0.1, -0.05) is 24.6 Å². The van der Waals surface area contributed by atoms with Crippen molar-refractivity contribution in [3.05, 3.63) is 29.8 Å². The van der Waals surface area contributed by atoms with Crippen molar-refractivity contribution in [3.8, 4) is 0 Å². The maximum absolute atomic E-state index is 12.8. The van der Waals surface area contributed by atoms with E-state index in [0.717, 1.165) is 30.6 Å². The maximum Gasteiger partial charge on any atom is 0.243 e. The zero-order valence-corrected chi connectivity index (χ0v) is 12.7. The number of rotatable bonds is 2. The monoisotopic (exact) mass is 284 g/mol. The first-order chi connectivity index (χ1) is 10.2. The molecular weight excluding hydrogens is 260 g/mol. The molecule has 3 aliphatic rings. The molecule has 0 radical (unpaired) electrons. The number of nitrogens with zero attached hydrogens (tertiary/aromatic N) is 1. The Bertz CT molecular complexity index is 556. The van der Waals surface area contributed by atoms with E-state index in [1.807, 2.05) is 6.92 Å². The second-order valence-electron chi connectivity index (χ2n) is 7.12. The standard InChI is InChI=1S/C18H24N2O/c1-12-18(21)20(11-16-9-13-6-7-14(16)8-13)17-5-3-2-4-15(17)10-19-12/h2-5,12-14,16,19H,6-11H2,1H3. The predicted octanol–water partition coefficient (Wildman–Crippen LogP) is 2.95. The van der Waals surface area contributed by atoms with Crippen molar-refractivity contribution in [2.45, 2.75) is 45.2 Å². The molecule has 3 nitrogen and oxygen atoms in total. The molecule has 0 saturated heterocycles. The van der Waals surface area contributed by atoms with Crippen LogP contribution in [0, 0.1) is 17.8 Å². The minimum absolute atomic E-state index is 0.0870. The number of amides is 1. The van der Waals surface area contributed by atoms with Crippen molar-refractivity contribution in [3.63, 3.8) is 0 Å². The minimum atomic E-state index is -0.0870. The molecule has 21 heavy (non-hydrogen) atoms. The van der Waals surface area contributed by atoms with Crippen LogP contribution in [0.5, 0.6) is 0 Å². The maximum atomic E-state index is 12.8. The summed E-state index contributed by atoms with van der Waals surface area (Å²) in [7, 11) is 0. The summed E-state index contributed by atoms with van der Waals surface area (Å²) in [4.78, 5) is 14.8. The van der Waals surface area contributed by atoms with Gasteiger partial charge in [-0.2, -0.15) is 0 Å². The summed E-state index contributed by atoms with van der Waals surface area (Å²) < 4.78 is 0. The molecule has 0 spiro atoms. The Morgan fingerprint density at radius 3 is 2.86 bits per heavy atom. The second kappa shape index (κ2) is 5.13. The average molecular weight is 284 g/mol. The molecule has 4 atom stereocenters. The van der Waals surface area contributed by atoms with Gasteiger partial charge in [-0.15, -0.1) is 0 Å². The number of anilines is 1. The van der Waals surface area contributed by atoms with E-state index >= 15 is 0 Å². The summed E-state index contributed by atoms with van der Waals surface area (Å²) in [6, 6.07) is 8.28. The fourth-order valence-electron chi connectivity index (χ4n) is 4.65. The van der Waals surface area contributed by atoms with E-state index in [2.05, 4.69) is 34.5 Å². The van der Waals surface area contributed by atoms with E-state index in [1.54, 1.807) is 0 Å². The Hall–Kier alpha value is -1.35. The van der Waals surface area contributed by atoms with Crippen LogP contribution in [0.1, 0.15) is 38.2 Å². The number of benzene rings is 1. The van der Waals surface area contributed by atoms with Gasteiger partial charge >= 0.3 is 0 Å². The molecule has 4 rings (SSSR count). The number of carbonyl (C=O) groups is 1. The Balaban J connectivity index is 1.63. The van der Waals surface area contributed by atoms with E-state index < -0.39 is 0 Å². The van der Waals surface area contributed by atoms with Gasteiger partial charge in [-0.25, -0.2) is 0 Å². The lowest BCUT2D eigenvalue weighted by atomic mass is 9.88. The predicted molar refractivity (Wildman–Crippen MR) is 84.0 cm³/mol. The first kappa shape index (κ1) is 13.3. The van der Waals surface area contributed by atoms with Gasteiger partial charge in [0.25, 0.3) is 0 Å². The third-order valence-corrected chi connectivity index (χ3v) is 5.82. The van der Waals surface area contributed by atoms with Crippen LogP contribution in [0.3, 0.4) is 0 Å². The first-order valence-electron chi connectivity index (χ1n) is 8.35. The number of carbonyl (C=O) groups excluding carboxylic acids is 1. The first-order valence-corrected chi connectivity index (χ1v) is 8.35. The molecule has 1 aliphatic heterocycles. The zero-order chi connectivity index (χ0) is 14.4. The number of hydrogen-bond donors (Lipinski definition) is 1. The number of hydrogen-bond acceptors (Lipinski definition) is 2. The van der Waals surface area contributed by atoms with E-state index in [1.165, 1.54) is 31.2 Å². The van der Waals surface area contributed by atoms with Crippen LogP contribution in [-0.2, 0) is 11.3 Å². The van der Waals surface area contributed by atoms with Gasteiger partial charge in [0.15, 0.2) is 0 Å². The van der Waals surface area contributed by atoms with Gasteiger partial charge in [-0.05, 0) is 55.6 Å². The van der Waals surface area contributed by atoms with Crippen molar-refractivity contribution < 1.29 is 4.79 Å². The fourth-order valence-corrected chi connectivity index (χ4v) is 4.65. The van der Waals surface area contributed by atoms with Gasteiger partial charge in [0.05, 0.1) is 6.04 Å². The summed E-state index contributed by atoms with van der Waals surface area (Å²) in [6.45, 7) is 3.70. The third kappa shape index (κ3) is 2.28. The van der Waals surface area contributed by atoms with Gasteiger partial charge in [0, 0.05) is 18.8 Å². The Kier molecular flexibility index (Phi) is 3.26. The van der Waals surface area contributed by atoms with Gasteiger partial charge < -0.3 is 10.2 Å². The molecule has 1 heterocycles. The highest BCUT2D eigenvalue weighted by molar-refractivity contribution is 5.98. The zero-order valence-electron chi connectivity index (χ0n) is 12.7. The minimum Gasteiger partial charge on any atom is -0.310 e. The lowest BCUT2D eigenvalue weighted by Gasteiger charge is -2.31. The quantitative estimate of drug-likeness (QED) is 0.905. The SMILES string of the molecule is CC1NCc2ccccc2N(CC2CC3CCC2C3)C1=O. The van der Waals surface area contributed by atoms with Crippen LogP contribution >= 0.6 is 0 Å². The largest absolute Gasteiger partial charge is 0.310 e. The molecule has 1 aromatic rings. The normalized spacial score (nSPS) is 34.9. The molecular formula is C18H24N2O. The van der Waals surface area contributed by atoms with E-state index in [0.29, 0.717) is 5.92 Å². The average Bonchev–Trinajstić information content (AvgIpc) is 3.10. The topological polar surface area (TPSA) is 32.3 Å². The molecule has 2 saturated carbocycles. The Morgan fingerprint density at radius 2 is 2.10 bits per heavy atom. The smallest absolute Gasteiger partial charge is 0.243 e. The number of nitrogens with one attached hydrogen (secondary N) is 1. The van der Waals surface area contributed by atoms with Crippen LogP contribution in [-0.4, -0.2) is 18.5 Å². The molecule has 2 fully saturated rings. The lowest BCUT2D eigenvalue weighted by Crippen LogP contribution is -2.45. The molecule has 1 N–H and O–H groups in total. The second-order valence-corrected chi connectivity index (χ2v) is 7.12.